The molecule has 0 spiro atoms. The first-order valence-electron chi connectivity index (χ1n) is 33.5. The maximum atomic E-state index is 13.0. The van der Waals surface area contributed by atoms with E-state index in [1.165, 1.54) is 186 Å². The Balaban J connectivity index is 4.64. The van der Waals surface area contributed by atoms with Crippen molar-refractivity contribution >= 4 is 25.7 Å². The van der Waals surface area contributed by atoms with Gasteiger partial charge in [0.2, 0.25) is 0 Å². The zero-order chi connectivity index (χ0) is 58.3. The normalized spacial score (nSPS) is 13.5. The quantitative estimate of drug-likeness (QED) is 0.0197. The number of hydrogen-bond acceptors (Lipinski definition) is 10. The zero-order valence-corrected chi connectivity index (χ0v) is 53.0. The molecular formula is C68H125O11P. The fourth-order valence-corrected chi connectivity index (χ4v) is 10.4. The van der Waals surface area contributed by atoms with Gasteiger partial charge in [-0.2, -0.15) is 0 Å². The number of aliphatic hydroxyl groups excluding tert-OH is 1. The Kier molecular flexibility index (Phi) is 60.5. The molecule has 3 atom stereocenters. The van der Waals surface area contributed by atoms with Crippen molar-refractivity contribution in [2.45, 2.75) is 341 Å². The van der Waals surface area contributed by atoms with E-state index in [0.717, 1.165) is 83.5 Å². The van der Waals surface area contributed by atoms with E-state index < -0.39 is 57.8 Å². The second kappa shape index (κ2) is 62.5. The van der Waals surface area contributed by atoms with Crippen LogP contribution in [0.15, 0.2) is 48.6 Å². The molecule has 0 amide bonds. The largest absolute Gasteiger partial charge is 0.472 e. The molecule has 0 aromatic carbocycles. The highest BCUT2D eigenvalue weighted by Crippen LogP contribution is 2.43. The van der Waals surface area contributed by atoms with E-state index in [4.69, 9.17) is 23.3 Å². The van der Waals surface area contributed by atoms with E-state index >= 15 is 0 Å². The topological polar surface area (TPSA) is 155 Å². The summed E-state index contributed by atoms with van der Waals surface area (Å²) in [4.78, 5) is 48.8. The lowest BCUT2D eigenvalue weighted by atomic mass is 10.0. The maximum Gasteiger partial charge on any atom is 0.472 e. The molecular weight excluding hydrogens is 1020 g/mol. The standard InChI is InChI=1S/C68H125O11P/c1-4-7-10-13-16-19-22-25-28-30-32-34-37-40-43-46-49-52-55-58-67(71)78-64(60-69)62-76-80(73,74)77-63-65(61-75-66(70)57-54-51-48-45-42-39-36-27-24-21-18-15-12-9-6-3)79-68(72)59-56-53-50-47-44-41-38-35-33-31-29-26-23-20-17-14-11-8-5-2/h16-17,19-20,25-26,28-29,64-65,69H,4-15,18,21-24,27,30-63H2,1-3H3,(H,73,74)/b19-16-,20-17-,28-25-,29-26-. The number of hydrogen-bond donors (Lipinski definition) is 2. The first kappa shape index (κ1) is 77.4. The summed E-state index contributed by atoms with van der Waals surface area (Å²) in [7, 11) is -4.75. The number of allylic oxidation sites excluding steroid dienone is 8. The minimum Gasteiger partial charge on any atom is -0.462 e. The van der Waals surface area contributed by atoms with E-state index in [9.17, 15) is 28.9 Å². The number of phosphoric acid groups is 1. The monoisotopic (exact) mass is 1150 g/mol. The van der Waals surface area contributed by atoms with Gasteiger partial charge in [0, 0.05) is 19.3 Å². The SMILES string of the molecule is CCCCC/C=C\C/C=C\CCCCCCCCCCCC(=O)OC(CO)COP(=O)(O)OCC(COC(=O)CCCCCCCCCCCCCCCCC)OC(=O)CCCCCCCCCCC/C=C\C/C=C\CCCCC. The van der Waals surface area contributed by atoms with Gasteiger partial charge in [-0.25, -0.2) is 4.57 Å². The Labute approximate surface area is 492 Å². The van der Waals surface area contributed by atoms with Crippen LogP contribution < -0.4 is 0 Å². The van der Waals surface area contributed by atoms with Gasteiger partial charge in [-0.15, -0.1) is 0 Å². The van der Waals surface area contributed by atoms with Crippen molar-refractivity contribution in [2.24, 2.45) is 0 Å². The zero-order valence-electron chi connectivity index (χ0n) is 52.1. The lowest BCUT2D eigenvalue weighted by molar-refractivity contribution is -0.161. The van der Waals surface area contributed by atoms with Crippen molar-refractivity contribution in [1.29, 1.82) is 0 Å². The lowest BCUT2D eigenvalue weighted by Gasteiger charge is -2.21. The van der Waals surface area contributed by atoms with Gasteiger partial charge in [0.05, 0.1) is 19.8 Å². The highest BCUT2D eigenvalue weighted by atomic mass is 31.2. The third-order valence-electron chi connectivity index (χ3n) is 14.7. The summed E-state index contributed by atoms with van der Waals surface area (Å²) in [6, 6.07) is 0. The number of phosphoric ester groups is 1. The van der Waals surface area contributed by atoms with E-state index in [0.29, 0.717) is 19.3 Å². The van der Waals surface area contributed by atoms with Gasteiger partial charge >= 0.3 is 25.7 Å². The molecule has 12 heteroatoms. The Morgan fingerprint density at radius 1 is 0.350 bits per heavy atom. The van der Waals surface area contributed by atoms with E-state index in [1.807, 2.05) is 0 Å². The summed E-state index contributed by atoms with van der Waals surface area (Å²) in [5.41, 5.74) is 0. The first-order chi connectivity index (χ1) is 39.2. The van der Waals surface area contributed by atoms with Crippen molar-refractivity contribution in [1.82, 2.24) is 0 Å². The summed E-state index contributed by atoms with van der Waals surface area (Å²) >= 11 is 0. The van der Waals surface area contributed by atoms with Crippen LogP contribution in [0.5, 0.6) is 0 Å². The fourth-order valence-electron chi connectivity index (χ4n) is 9.60. The molecule has 0 aliphatic heterocycles. The maximum absolute atomic E-state index is 13.0. The molecule has 0 aliphatic carbocycles. The second-order valence-electron chi connectivity index (χ2n) is 22.6. The van der Waals surface area contributed by atoms with Crippen molar-refractivity contribution < 1.29 is 52.2 Å². The molecule has 468 valence electrons. The minimum absolute atomic E-state index is 0.166. The van der Waals surface area contributed by atoms with Gasteiger partial charge in [0.1, 0.15) is 12.7 Å². The Hall–Kier alpha value is -2.56. The summed E-state index contributed by atoms with van der Waals surface area (Å²) < 4.78 is 39.8. The molecule has 0 rings (SSSR count). The van der Waals surface area contributed by atoms with E-state index in [1.54, 1.807) is 0 Å². The van der Waals surface area contributed by atoms with Crippen molar-refractivity contribution in [3.05, 3.63) is 48.6 Å². The Bertz CT molecular complexity index is 1530. The summed E-state index contributed by atoms with van der Waals surface area (Å²) in [5, 5.41) is 9.87. The second-order valence-corrected chi connectivity index (χ2v) is 24.1. The molecule has 0 bridgehead atoms. The number of ether oxygens (including phenoxy) is 3. The van der Waals surface area contributed by atoms with Crippen LogP contribution in [0.25, 0.3) is 0 Å². The number of aliphatic hydroxyl groups is 1. The van der Waals surface area contributed by atoms with Crippen LogP contribution in [-0.4, -0.2) is 66.5 Å². The van der Waals surface area contributed by atoms with Crippen molar-refractivity contribution in [3.8, 4) is 0 Å². The van der Waals surface area contributed by atoms with Gasteiger partial charge in [-0.1, -0.05) is 275 Å². The van der Waals surface area contributed by atoms with Crippen LogP contribution in [0.4, 0.5) is 0 Å². The summed E-state index contributed by atoms with van der Waals surface area (Å²) in [6.45, 7) is 4.66. The minimum atomic E-state index is -4.75. The smallest absolute Gasteiger partial charge is 0.462 e. The Morgan fingerprint density at radius 2 is 0.613 bits per heavy atom. The van der Waals surface area contributed by atoms with E-state index in [2.05, 4.69) is 69.4 Å². The third-order valence-corrected chi connectivity index (χ3v) is 15.7. The number of carbonyl (C=O) groups excluding carboxylic acids is 3. The van der Waals surface area contributed by atoms with Crippen LogP contribution >= 0.6 is 7.82 Å². The van der Waals surface area contributed by atoms with Crippen LogP contribution in [0.2, 0.25) is 0 Å². The van der Waals surface area contributed by atoms with Crippen LogP contribution in [0.3, 0.4) is 0 Å². The molecule has 11 nitrogen and oxygen atoms in total. The van der Waals surface area contributed by atoms with Crippen molar-refractivity contribution in [3.63, 3.8) is 0 Å². The summed E-state index contributed by atoms with van der Waals surface area (Å²) in [6.07, 6.45) is 69.1. The van der Waals surface area contributed by atoms with E-state index in [-0.39, 0.29) is 25.9 Å². The van der Waals surface area contributed by atoms with Gasteiger partial charge in [-0.3, -0.25) is 23.4 Å². The van der Waals surface area contributed by atoms with Gasteiger partial charge < -0.3 is 24.2 Å². The number of rotatable bonds is 63. The average molecular weight is 1150 g/mol. The number of carbonyl (C=O) groups is 3. The average Bonchev–Trinajstić information content (AvgIpc) is 3.45. The molecule has 3 unspecified atom stereocenters. The molecule has 0 fully saturated rings. The van der Waals surface area contributed by atoms with Gasteiger partial charge in [-0.05, 0) is 83.5 Å². The van der Waals surface area contributed by atoms with Crippen LogP contribution in [0, 0.1) is 0 Å². The molecule has 0 radical (unpaired) electrons. The van der Waals surface area contributed by atoms with Crippen LogP contribution in [-0.2, 0) is 42.2 Å². The molecule has 0 aromatic heterocycles. The van der Waals surface area contributed by atoms with Gasteiger partial charge in [0.15, 0.2) is 6.10 Å². The van der Waals surface area contributed by atoms with Crippen molar-refractivity contribution in [2.75, 3.05) is 26.4 Å². The predicted octanol–water partition coefficient (Wildman–Crippen LogP) is 20.5. The third kappa shape index (κ3) is 60.0. The molecule has 0 saturated carbocycles. The highest BCUT2D eigenvalue weighted by molar-refractivity contribution is 7.47. The Morgan fingerprint density at radius 3 is 0.950 bits per heavy atom. The highest BCUT2D eigenvalue weighted by Gasteiger charge is 2.28. The molecule has 2 N–H and O–H groups in total. The molecule has 0 aromatic rings. The lowest BCUT2D eigenvalue weighted by Crippen LogP contribution is -2.30. The number of unbranched alkanes of at least 4 members (excludes halogenated alkanes) is 38. The fraction of sp³-hybridized carbons (Fsp3) is 0.838. The molecule has 0 heterocycles. The van der Waals surface area contributed by atoms with Gasteiger partial charge in [0.25, 0.3) is 0 Å². The molecule has 80 heavy (non-hydrogen) atoms. The predicted molar refractivity (Wildman–Crippen MR) is 335 cm³/mol. The van der Waals surface area contributed by atoms with Crippen LogP contribution in [0.1, 0.15) is 329 Å². The summed E-state index contributed by atoms with van der Waals surface area (Å²) in [5.74, 6) is -1.45. The molecule has 0 saturated heterocycles. The number of esters is 3. The molecule has 0 aliphatic rings. The first-order valence-corrected chi connectivity index (χ1v) is 35.0.